The van der Waals surface area contributed by atoms with E-state index in [1.807, 2.05) is 4.90 Å². The number of Topliss-reactive ketones (excluding diaryl/α,β-unsaturated/α-hetero) is 1. The van der Waals surface area contributed by atoms with Gasteiger partial charge in [-0.05, 0) is 37.2 Å². The number of hydrogen-bond donors (Lipinski definition) is 3. The van der Waals surface area contributed by atoms with E-state index in [9.17, 15) is 27.6 Å². The molecule has 3 N–H and O–H groups in total. The zero-order chi connectivity index (χ0) is 24.3. The molecule has 3 amide bonds. The van der Waals surface area contributed by atoms with Crippen molar-refractivity contribution in [3.05, 3.63) is 17.5 Å². The van der Waals surface area contributed by atoms with Crippen molar-refractivity contribution >= 4 is 23.7 Å². The van der Waals surface area contributed by atoms with Gasteiger partial charge < -0.3 is 20.2 Å². The number of aromatic nitrogens is 2. The van der Waals surface area contributed by atoms with Gasteiger partial charge in [-0.3, -0.25) is 14.7 Å². The van der Waals surface area contributed by atoms with Crippen molar-refractivity contribution in [2.45, 2.75) is 44.8 Å². The number of H-pyrrole nitrogens is 1. The number of carboxylic acids is 1. The third-order valence-corrected chi connectivity index (χ3v) is 5.62. The van der Waals surface area contributed by atoms with Crippen LogP contribution < -0.4 is 5.32 Å². The molecule has 1 aliphatic heterocycles. The quantitative estimate of drug-likeness (QED) is 0.589. The number of urea groups is 1. The van der Waals surface area contributed by atoms with Gasteiger partial charge in [0.05, 0.1) is 0 Å². The van der Waals surface area contributed by atoms with Crippen LogP contribution in [0.1, 0.15) is 53.6 Å². The maximum absolute atomic E-state index is 12.5. The molecule has 1 aromatic rings. The van der Waals surface area contributed by atoms with Crippen LogP contribution in [0.4, 0.5) is 18.0 Å². The topological polar surface area (TPSA) is 136 Å². The number of rotatable bonds is 3. The van der Waals surface area contributed by atoms with Crippen molar-refractivity contribution < 1.29 is 37.5 Å². The first-order valence-corrected chi connectivity index (χ1v) is 9.88. The van der Waals surface area contributed by atoms with Gasteiger partial charge in [-0.15, -0.1) is 0 Å². The Balaban J connectivity index is 0.000000451. The number of aliphatic carboxylic acids is 1. The van der Waals surface area contributed by atoms with Gasteiger partial charge in [0.15, 0.2) is 5.78 Å². The Labute approximate surface area is 182 Å². The molecular formula is C19H26F3N5O5. The van der Waals surface area contributed by atoms with Gasteiger partial charge in [-0.1, -0.05) is 0 Å². The summed E-state index contributed by atoms with van der Waals surface area (Å²) in [5.41, 5.74) is 0.903. The molecule has 0 unspecified atom stereocenters. The number of amides is 3. The summed E-state index contributed by atoms with van der Waals surface area (Å²) in [4.78, 5) is 47.8. The number of ketones is 1. The summed E-state index contributed by atoms with van der Waals surface area (Å²) in [7, 11) is 3.47. The highest BCUT2D eigenvalue weighted by Crippen LogP contribution is 2.49. The average molecular weight is 461 g/mol. The normalized spacial score (nSPS) is 17.6. The van der Waals surface area contributed by atoms with E-state index in [2.05, 4.69) is 15.5 Å². The number of piperidine rings is 1. The van der Waals surface area contributed by atoms with Crippen molar-refractivity contribution in [1.82, 2.24) is 25.3 Å². The predicted molar refractivity (Wildman–Crippen MR) is 105 cm³/mol. The average Bonchev–Trinajstić information content (AvgIpc) is 3.17. The highest BCUT2D eigenvalue weighted by Gasteiger charge is 2.47. The lowest BCUT2D eigenvalue weighted by atomic mass is 9.60. The summed E-state index contributed by atoms with van der Waals surface area (Å²) < 4.78 is 31.7. The Morgan fingerprint density at radius 1 is 1.22 bits per heavy atom. The molecule has 32 heavy (non-hydrogen) atoms. The Hall–Kier alpha value is -3.12. The Kier molecular flexibility index (Phi) is 7.52. The Morgan fingerprint density at radius 3 is 2.16 bits per heavy atom. The van der Waals surface area contributed by atoms with Crippen LogP contribution in [0.3, 0.4) is 0 Å². The minimum atomic E-state index is -5.08. The molecule has 1 spiro atoms. The highest BCUT2D eigenvalue weighted by atomic mass is 19.4. The lowest BCUT2D eigenvalue weighted by Crippen LogP contribution is -2.56. The number of alkyl halides is 3. The largest absolute Gasteiger partial charge is 0.490 e. The number of aromatic amines is 1. The number of hydrogen-bond acceptors (Lipinski definition) is 5. The molecule has 3 rings (SSSR count). The van der Waals surface area contributed by atoms with E-state index in [0.717, 1.165) is 25.7 Å². The summed E-state index contributed by atoms with van der Waals surface area (Å²) in [6, 6.07) is 1.71. The van der Waals surface area contributed by atoms with Crippen molar-refractivity contribution in [1.29, 1.82) is 0 Å². The van der Waals surface area contributed by atoms with Crippen LogP contribution in [-0.2, 0) is 4.79 Å². The predicted octanol–water partition coefficient (Wildman–Crippen LogP) is 1.90. The number of nitrogens with one attached hydrogen (secondary N) is 2. The Morgan fingerprint density at radius 2 is 1.75 bits per heavy atom. The first-order chi connectivity index (χ1) is 14.7. The second kappa shape index (κ2) is 9.57. The number of carboxylic acid groups (broad SMARTS) is 1. The molecule has 178 valence electrons. The van der Waals surface area contributed by atoms with Crippen LogP contribution in [0.2, 0.25) is 0 Å². The standard InChI is InChI=1S/C17H25N5O3.C2HF3O2/c1-11(23)13-8-14(20-19-13)15(24)22-6-4-17(5-7-22)9-12(10-17)18-16(25)21(2)3;3-2(4,5)1(6)7/h8,12H,4-7,9-10H2,1-3H3,(H,18,25)(H,19,20);(H,6,7). The molecule has 2 aliphatic rings. The van der Waals surface area contributed by atoms with Crippen LogP contribution in [0.5, 0.6) is 0 Å². The molecule has 13 heteroatoms. The fraction of sp³-hybridized carbons (Fsp3) is 0.632. The van der Waals surface area contributed by atoms with Crippen molar-refractivity contribution in [2.75, 3.05) is 27.2 Å². The molecule has 1 saturated heterocycles. The number of carbonyl (C=O) groups is 4. The van der Waals surface area contributed by atoms with E-state index < -0.39 is 12.1 Å². The third kappa shape index (κ3) is 6.20. The van der Waals surface area contributed by atoms with E-state index >= 15 is 0 Å². The SMILES string of the molecule is CC(=O)c1cc(C(=O)N2CCC3(CC2)CC(NC(=O)N(C)C)C3)[nH]n1.O=C(O)C(F)(F)F. The zero-order valence-corrected chi connectivity index (χ0v) is 18.0. The highest BCUT2D eigenvalue weighted by molar-refractivity contribution is 5.97. The smallest absolute Gasteiger partial charge is 0.475 e. The summed E-state index contributed by atoms with van der Waals surface area (Å²) in [6.07, 6.45) is -1.23. The molecule has 10 nitrogen and oxygen atoms in total. The molecule has 1 saturated carbocycles. The second-order valence-corrected chi connectivity index (χ2v) is 8.27. The lowest BCUT2D eigenvalue weighted by Gasteiger charge is -2.52. The van der Waals surface area contributed by atoms with Crippen LogP contribution in [0, 0.1) is 5.41 Å². The van der Waals surface area contributed by atoms with Crippen LogP contribution in [0.15, 0.2) is 6.07 Å². The molecule has 0 aromatic carbocycles. The maximum atomic E-state index is 12.5. The van der Waals surface area contributed by atoms with Gasteiger partial charge in [0.1, 0.15) is 11.4 Å². The number of carbonyl (C=O) groups excluding carboxylic acids is 3. The van der Waals surface area contributed by atoms with Gasteiger partial charge in [-0.25, -0.2) is 9.59 Å². The van der Waals surface area contributed by atoms with Crippen LogP contribution in [-0.4, -0.2) is 88.2 Å². The molecule has 2 heterocycles. The van der Waals surface area contributed by atoms with Gasteiger partial charge in [-0.2, -0.15) is 18.3 Å². The monoisotopic (exact) mass is 461 g/mol. The van der Waals surface area contributed by atoms with Crippen molar-refractivity contribution in [3.8, 4) is 0 Å². The minimum Gasteiger partial charge on any atom is -0.475 e. The van der Waals surface area contributed by atoms with Gasteiger partial charge in [0.25, 0.3) is 5.91 Å². The summed E-state index contributed by atoms with van der Waals surface area (Å²) in [5, 5.41) is 16.7. The van der Waals surface area contributed by atoms with Crippen molar-refractivity contribution in [3.63, 3.8) is 0 Å². The number of nitrogens with zero attached hydrogens (tertiary/aromatic N) is 3. The molecule has 1 aliphatic carbocycles. The number of likely N-dealkylation sites (tertiary alicyclic amines) is 1. The maximum Gasteiger partial charge on any atom is 0.490 e. The summed E-state index contributed by atoms with van der Waals surface area (Å²) >= 11 is 0. The van der Waals surface area contributed by atoms with Gasteiger partial charge >= 0.3 is 18.2 Å². The van der Waals surface area contributed by atoms with Gasteiger partial charge in [0, 0.05) is 40.2 Å². The van der Waals surface area contributed by atoms with E-state index in [0.29, 0.717) is 18.8 Å². The fourth-order valence-corrected chi connectivity index (χ4v) is 3.77. The first-order valence-electron chi connectivity index (χ1n) is 9.88. The molecule has 0 bridgehead atoms. The second-order valence-electron chi connectivity index (χ2n) is 8.27. The molecule has 0 radical (unpaired) electrons. The number of halogens is 3. The summed E-state index contributed by atoms with van der Waals surface area (Å²) in [6.45, 7) is 2.82. The van der Waals surface area contributed by atoms with E-state index in [1.54, 1.807) is 19.0 Å². The zero-order valence-electron chi connectivity index (χ0n) is 18.0. The first kappa shape index (κ1) is 25.1. The minimum absolute atomic E-state index is 0.0482. The van der Waals surface area contributed by atoms with Crippen LogP contribution >= 0.6 is 0 Å². The van der Waals surface area contributed by atoms with Crippen LogP contribution in [0.25, 0.3) is 0 Å². The van der Waals surface area contributed by atoms with Gasteiger partial charge in [0.2, 0.25) is 0 Å². The fourth-order valence-electron chi connectivity index (χ4n) is 3.77. The molecule has 2 fully saturated rings. The molecule has 0 atom stereocenters. The lowest BCUT2D eigenvalue weighted by molar-refractivity contribution is -0.192. The molecule has 1 aromatic heterocycles. The van der Waals surface area contributed by atoms with E-state index in [-0.39, 0.29) is 34.9 Å². The van der Waals surface area contributed by atoms with E-state index in [1.165, 1.54) is 13.0 Å². The summed E-state index contributed by atoms with van der Waals surface area (Å²) in [5.74, 6) is -3.02. The van der Waals surface area contributed by atoms with Crippen molar-refractivity contribution in [2.24, 2.45) is 5.41 Å². The van der Waals surface area contributed by atoms with E-state index in [4.69, 9.17) is 9.90 Å². The third-order valence-electron chi connectivity index (χ3n) is 5.62. The Bertz CT molecular complexity index is 867. The molecular weight excluding hydrogens is 435 g/mol.